The summed E-state index contributed by atoms with van der Waals surface area (Å²) in [6.07, 6.45) is -0.729. The summed E-state index contributed by atoms with van der Waals surface area (Å²) < 4.78 is 13.7. The molecule has 0 N–H and O–H groups in total. The van der Waals surface area contributed by atoms with Gasteiger partial charge in [0.05, 0.1) is 13.9 Å². The van der Waals surface area contributed by atoms with Crippen molar-refractivity contribution in [1.82, 2.24) is 0 Å². The molecule has 0 amide bonds. The maximum absolute atomic E-state index is 9.79. The molecule has 1 unspecified atom stereocenters. The van der Waals surface area contributed by atoms with E-state index >= 15 is 0 Å². The third kappa shape index (κ3) is 15.2. The molecule has 0 aliphatic rings. The summed E-state index contributed by atoms with van der Waals surface area (Å²) in [6, 6.07) is 0. The second-order valence-electron chi connectivity index (χ2n) is 1.52. The van der Waals surface area contributed by atoms with E-state index in [4.69, 9.17) is 11.6 Å². The van der Waals surface area contributed by atoms with E-state index in [1.165, 1.54) is 6.92 Å². The Labute approximate surface area is 115 Å². The van der Waals surface area contributed by atoms with Gasteiger partial charge in [-0.1, -0.05) is 0 Å². The van der Waals surface area contributed by atoms with Gasteiger partial charge in [-0.25, -0.2) is 0 Å². The summed E-state index contributed by atoms with van der Waals surface area (Å²) in [5.41, 5.74) is 0. The maximum Gasteiger partial charge on any atom is 1.00 e. The number of rotatable bonds is 3. The van der Waals surface area contributed by atoms with Gasteiger partial charge >= 0.3 is 59.1 Å². The number of halogens is 1. The molecule has 56 valence electrons. The van der Waals surface area contributed by atoms with Crippen molar-refractivity contribution in [2.45, 2.75) is 13.0 Å². The monoisotopic (exact) mass is 218 g/mol. The fourth-order valence-corrected chi connectivity index (χ4v) is 0.915. The summed E-state index contributed by atoms with van der Waals surface area (Å²) in [5, 5.41) is 0. The molecule has 0 heterocycles. The van der Waals surface area contributed by atoms with E-state index in [0.29, 0.717) is 0 Å². The number of phosphoric acid groups is 1. The average Bonchev–Trinajstić information content (AvgIpc) is 1.62. The predicted octanol–water partition coefficient (Wildman–Crippen LogP) is -6.53. The number of alkyl halides is 1. The third-order valence-electron chi connectivity index (χ3n) is 0.526. The van der Waals surface area contributed by atoms with Crippen LogP contribution in [0.15, 0.2) is 0 Å². The maximum atomic E-state index is 9.79. The third-order valence-corrected chi connectivity index (χ3v) is 1.58. The molecule has 1 atom stereocenters. The van der Waals surface area contributed by atoms with Crippen LogP contribution in [0.5, 0.6) is 0 Å². The van der Waals surface area contributed by atoms with Crippen molar-refractivity contribution >= 4 is 19.4 Å². The van der Waals surface area contributed by atoms with Crippen molar-refractivity contribution in [3.05, 3.63) is 0 Å². The van der Waals surface area contributed by atoms with Crippen molar-refractivity contribution in [2.75, 3.05) is 5.88 Å². The van der Waals surface area contributed by atoms with Crippen LogP contribution >= 0.6 is 19.4 Å². The molecular formula is C3H6ClNa2O4P. The minimum atomic E-state index is -4.82. The van der Waals surface area contributed by atoms with Gasteiger partial charge in [-0.2, -0.15) is 0 Å². The van der Waals surface area contributed by atoms with Crippen molar-refractivity contribution in [1.29, 1.82) is 0 Å². The molecule has 0 aromatic heterocycles. The first-order valence-electron chi connectivity index (χ1n) is 2.22. The first-order valence-corrected chi connectivity index (χ1v) is 4.21. The zero-order valence-corrected chi connectivity index (χ0v) is 12.4. The normalized spacial score (nSPS) is 12.7. The molecule has 11 heavy (non-hydrogen) atoms. The summed E-state index contributed by atoms with van der Waals surface area (Å²) in [5.74, 6) is -0.00549. The number of phosphoric ester groups is 1. The first-order chi connectivity index (χ1) is 3.95. The summed E-state index contributed by atoms with van der Waals surface area (Å²) in [7, 11) is -4.82. The molecule has 0 bridgehead atoms. The predicted molar refractivity (Wildman–Crippen MR) is 28.9 cm³/mol. The fraction of sp³-hybridized carbons (Fsp3) is 1.00. The Hall–Kier alpha value is 2.40. The van der Waals surface area contributed by atoms with Crippen LogP contribution in [-0.2, 0) is 9.09 Å². The molecule has 0 aliphatic heterocycles. The largest absolute Gasteiger partial charge is 1.00 e. The van der Waals surface area contributed by atoms with Crippen LogP contribution < -0.4 is 68.9 Å². The zero-order valence-electron chi connectivity index (χ0n) is 6.74. The minimum absolute atomic E-state index is 0. The van der Waals surface area contributed by atoms with Crippen molar-refractivity contribution < 1.29 is 78.0 Å². The minimum Gasteiger partial charge on any atom is -0.790 e. The second-order valence-corrected chi connectivity index (χ2v) is 2.93. The average molecular weight is 218 g/mol. The summed E-state index contributed by atoms with van der Waals surface area (Å²) >= 11 is 5.13. The molecule has 0 saturated carbocycles. The molecule has 0 aromatic carbocycles. The van der Waals surface area contributed by atoms with Gasteiger partial charge in [0.1, 0.15) is 0 Å². The molecule has 8 heteroatoms. The molecule has 4 nitrogen and oxygen atoms in total. The fourth-order valence-electron chi connectivity index (χ4n) is 0.249. The molecule has 0 aromatic rings. The van der Waals surface area contributed by atoms with Crippen LogP contribution in [0.25, 0.3) is 0 Å². The topological polar surface area (TPSA) is 72.4 Å². The van der Waals surface area contributed by atoms with Gasteiger partial charge in [0, 0.05) is 5.88 Å². The van der Waals surface area contributed by atoms with Gasteiger partial charge in [0.25, 0.3) is 0 Å². The first kappa shape index (κ1) is 19.0. The molecule has 0 rings (SSSR count). The molecule has 0 aliphatic carbocycles. The second kappa shape index (κ2) is 8.97. The Morgan fingerprint density at radius 1 is 1.55 bits per heavy atom. The Morgan fingerprint density at radius 3 is 2.00 bits per heavy atom. The van der Waals surface area contributed by atoms with Gasteiger partial charge < -0.3 is 18.9 Å². The number of hydrogen-bond donors (Lipinski definition) is 0. The Balaban J connectivity index is -0.000000320. The van der Waals surface area contributed by atoms with E-state index in [1.54, 1.807) is 0 Å². The molecule has 0 radical (unpaired) electrons. The van der Waals surface area contributed by atoms with Crippen molar-refractivity contribution in [2.24, 2.45) is 0 Å². The van der Waals surface area contributed by atoms with E-state index in [-0.39, 0.29) is 65.0 Å². The van der Waals surface area contributed by atoms with Crippen LogP contribution in [0.4, 0.5) is 0 Å². The van der Waals surface area contributed by atoms with Gasteiger partial charge in [0.2, 0.25) is 0 Å². The Bertz CT molecular complexity index is 129. The summed E-state index contributed by atoms with van der Waals surface area (Å²) in [6.45, 7) is 1.40. The molecule has 0 saturated heterocycles. The number of hydrogen-bond acceptors (Lipinski definition) is 4. The van der Waals surface area contributed by atoms with Gasteiger partial charge in [-0.05, 0) is 6.92 Å². The smallest absolute Gasteiger partial charge is 0.790 e. The Morgan fingerprint density at radius 2 is 1.91 bits per heavy atom. The van der Waals surface area contributed by atoms with Crippen LogP contribution in [0.3, 0.4) is 0 Å². The van der Waals surface area contributed by atoms with Crippen LogP contribution in [0.2, 0.25) is 0 Å². The van der Waals surface area contributed by atoms with Gasteiger partial charge in [-0.15, -0.1) is 11.6 Å². The Kier molecular flexibility index (Phi) is 15.5. The van der Waals surface area contributed by atoms with E-state index in [1.807, 2.05) is 0 Å². The van der Waals surface area contributed by atoms with Crippen molar-refractivity contribution in [3.63, 3.8) is 0 Å². The van der Waals surface area contributed by atoms with E-state index < -0.39 is 13.9 Å². The van der Waals surface area contributed by atoms with E-state index in [9.17, 15) is 14.4 Å². The van der Waals surface area contributed by atoms with Gasteiger partial charge in [0.15, 0.2) is 0 Å². The summed E-state index contributed by atoms with van der Waals surface area (Å²) in [4.78, 5) is 19.6. The van der Waals surface area contributed by atoms with Crippen LogP contribution in [0.1, 0.15) is 6.92 Å². The molecular weight excluding hydrogens is 212 g/mol. The van der Waals surface area contributed by atoms with E-state index in [0.717, 1.165) is 0 Å². The standard InChI is InChI=1S/C3H8ClO4P.2Na/c1-3(2-4)8-9(5,6)7;;/h3H,2H2,1H3,(H2,5,6,7);;/q;2*+1/p-2. The quantitative estimate of drug-likeness (QED) is 0.268. The van der Waals surface area contributed by atoms with Crippen molar-refractivity contribution in [3.8, 4) is 0 Å². The zero-order chi connectivity index (χ0) is 7.49. The molecule has 0 spiro atoms. The van der Waals surface area contributed by atoms with E-state index in [2.05, 4.69) is 4.52 Å². The van der Waals surface area contributed by atoms with Gasteiger partial charge in [-0.3, -0.25) is 0 Å². The molecule has 0 fully saturated rings. The van der Waals surface area contributed by atoms with Crippen LogP contribution in [-0.4, -0.2) is 12.0 Å². The van der Waals surface area contributed by atoms with Crippen LogP contribution in [0, 0.1) is 0 Å². The SMILES string of the molecule is CC(CCl)OP(=O)([O-])[O-].[Na+].[Na+].